The fourth-order valence-electron chi connectivity index (χ4n) is 3.66. The van der Waals surface area contributed by atoms with E-state index in [4.69, 9.17) is 0 Å². The number of nitrogens with one attached hydrogen (secondary N) is 1. The SMILES string of the molecule is O=S(=O)(Nc1cccc(/C=C2\c3ccccc3CSc3ccccc32)c1)C1CC1. The van der Waals surface area contributed by atoms with Crippen molar-refractivity contribution >= 4 is 39.1 Å². The number of thioether (sulfide) groups is 1. The molecular formula is C24H21NO2S2. The van der Waals surface area contributed by atoms with Crippen molar-refractivity contribution in [1.29, 1.82) is 0 Å². The third-order valence-corrected chi connectivity index (χ3v) is 8.28. The van der Waals surface area contributed by atoms with Crippen molar-refractivity contribution < 1.29 is 8.42 Å². The Morgan fingerprint density at radius 2 is 1.66 bits per heavy atom. The molecule has 0 aromatic heterocycles. The van der Waals surface area contributed by atoms with E-state index in [0.29, 0.717) is 5.69 Å². The van der Waals surface area contributed by atoms with E-state index >= 15 is 0 Å². The summed E-state index contributed by atoms with van der Waals surface area (Å²) >= 11 is 1.86. The highest BCUT2D eigenvalue weighted by Crippen LogP contribution is 2.41. The van der Waals surface area contributed by atoms with Gasteiger partial charge in [0.2, 0.25) is 10.0 Å². The third kappa shape index (κ3) is 3.85. The predicted molar refractivity (Wildman–Crippen MR) is 121 cm³/mol. The van der Waals surface area contributed by atoms with Crippen molar-refractivity contribution in [2.45, 2.75) is 28.7 Å². The van der Waals surface area contributed by atoms with E-state index in [1.807, 2.05) is 36.0 Å². The Morgan fingerprint density at radius 3 is 2.48 bits per heavy atom. The molecule has 1 aliphatic carbocycles. The molecule has 0 unspecified atom stereocenters. The van der Waals surface area contributed by atoms with Crippen molar-refractivity contribution in [3.63, 3.8) is 0 Å². The number of benzene rings is 3. The largest absolute Gasteiger partial charge is 0.283 e. The van der Waals surface area contributed by atoms with E-state index in [-0.39, 0.29) is 5.25 Å². The molecule has 0 spiro atoms. The van der Waals surface area contributed by atoms with Crippen LogP contribution in [0.15, 0.2) is 77.7 Å². The maximum atomic E-state index is 12.3. The standard InChI is InChI=1S/C24H21NO2S2/c26-29(27,20-12-13-20)25-19-8-5-6-17(14-19)15-23-21-9-2-1-7-18(21)16-28-24-11-4-3-10-22(23)24/h1-11,14-15,20,25H,12-13,16H2/b23-15+. The van der Waals surface area contributed by atoms with Gasteiger partial charge in [0, 0.05) is 16.3 Å². The fraction of sp³-hybridized carbons (Fsp3) is 0.167. The van der Waals surface area contributed by atoms with E-state index in [1.165, 1.54) is 27.2 Å². The molecule has 3 nitrogen and oxygen atoms in total. The Kier molecular flexibility index (Phi) is 4.72. The minimum atomic E-state index is -3.27. The number of anilines is 1. The van der Waals surface area contributed by atoms with Crippen LogP contribution in [-0.4, -0.2) is 13.7 Å². The lowest BCUT2D eigenvalue weighted by Crippen LogP contribution is -2.17. The Hall–Kier alpha value is -2.50. The average Bonchev–Trinajstić information content (AvgIpc) is 3.57. The predicted octanol–water partition coefficient (Wildman–Crippen LogP) is 5.79. The molecule has 1 fully saturated rings. The van der Waals surface area contributed by atoms with Crippen molar-refractivity contribution in [1.82, 2.24) is 0 Å². The molecule has 0 radical (unpaired) electrons. The summed E-state index contributed by atoms with van der Waals surface area (Å²) in [5.41, 5.74) is 6.53. The van der Waals surface area contributed by atoms with Gasteiger partial charge in [-0.1, -0.05) is 54.6 Å². The van der Waals surface area contributed by atoms with Crippen LogP contribution in [0.3, 0.4) is 0 Å². The van der Waals surface area contributed by atoms with Crippen molar-refractivity contribution in [2.75, 3.05) is 4.72 Å². The number of sulfonamides is 1. The van der Waals surface area contributed by atoms with Gasteiger partial charge >= 0.3 is 0 Å². The Bertz CT molecular complexity index is 1160. The first-order valence-corrected chi connectivity index (χ1v) is 12.3. The average molecular weight is 420 g/mol. The molecule has 29 heavy (non-hydrogen) atoms. The van der Waals surface area contributed by atoms with E-state index < -0.39 is 10.0 Å². The van der Waals surface area contributed by atoms with Crippen LogP contribution in [0.2, 0.25) is 0 Å². The summed E-state index contributed by atoms with van der Waals surface area (Å²) in [6.45, 7) is 0. The second-order valence-corrected chi connectivity index (χ2v) is 10.4. The number of hydrogen-bond donors (Lipinski definition) is 1. The molecule has 3 aromatic carbocycles. The van der Waals surface area contributed by atoms with E-state index in [0.717, 1.165) is 24.2 Å². The van der Waals surface area contributed by atoms with Gasteiger partial charge in [-0.3, -0.25) is 4.72 Å². The second-order valence-electron chi connectivity index (χ2n) is 7.47. The molecular weight excluding hydrogens is 398 g/mol. The zero-order valence-electron chi connectivity index (χ0n) is 15.8. The first-order chi connectivity index (χ1) is 14.1. The lowest BCUT2D eigenvalue weighted by atomic mass is 9.92. The summed E-state index contributed by atoms with van der Waals surface area (Å²) < 4.78 is 27.4. The monoisotopic (exact) mass is 419 g/mol. The molecule has 0 bridgehead atoms. The minimum absolute atomic E-state index is 0.234. The maximum Gasteiger partial charge on any atom is 0.235 e. The minimum Gasteiger partial charge on any atom is -0.283 e. The van der Waals surface area contributed by atoms with Gasteiger partial charge in [0.05, 0.1) is 5.25 Å². The van der Waals surface area contributed by atoms with Gasteiger partial charge in [-0.15, -0.1) is 11.8 Å². The van der Waals surface area contributed by atoms with Gasteiger partial charge in [-0.05, 0) is 64.9 Å². The first kappa shape index (κ1) is 18.5. The van der Waals surface area contributed by atoms with E-state index in [2.05, 4.69) is 59.3 Å². The smallest absolute Gasteiger partial charge is 0.235 e. The topological polar surface area (TPSA) is 46.2 Å². The van der Waals surface area contributed by atoms with Crippen LogP contribution in [0, 0.1) is 0 Å². The maximum absolute atomic E-state index is 12.3. The molecule has 1 heterocycles. The lowest BCUT2D eigenvalue weighted by Gasteiger charge is -2.12. The summed E-state index contributed by atoms with van der Waals surface area (Å²) in [7, 11) is -3.27. The zero-order valence-corrected chi connectivity index (χ0v) is 17.5. The first-order valence-electron chi connectivity index (χ1n) is 9.74. The molecule has 3 aromatic rings. The van der Waals surface area contributed by atoms with Crippen LogP contribution in [0.4, 0.5) is 5.69 Å². The zero-order chi connectivity index (χ0) is 19.8. The van der Waals surface area contributed by atoms with Gasteiger partial charge in [0.1, 0.15) is 0 Å². The molecule has 1 N–H and O–H groups in total. The molecule has 2 aliphatic rings. The number of rotatable bonds is 4. The van der Waals surface area contributed by atoms with Gasteiger partial charge in [0.15, 0.2) is 0 Å². The molecule has 1 saturated carbocycles. The Morgan fingerprint density at radius 1 is 0.897 bits per heavy atom. The molecule has 5 heteroatoms. The lowest BCUT2D eigenvalue weighted by molar-refractivity contribution is 0.600. The van der Waals surface area contributed by atoms with E-state index in [1.54, 1.807) is 0 Å². The number of hydrogen-bond acceptors (Lipinski definition) is 3. The summed E-state index contributed by atoms with van der Waals surface area (Å²) in [6, 6.07) is 24.6. The normalized spacial score (nSPS) is 17.3. The molecule has 0 amide bonds. The highest BCUT2D eigenvalue weighted by molar-refractivity contribution is 7.98. The van der Waals surface area contributed by atoms with Crippen LogP contribution in [-0.2, 0) is 15.8 Å². The Balaban J connectivity index is 1.59. The quantitative estimate of drug-likeness (QED) is 0.583. The molecule has 146 valence electrons. The van der Waals surface area contributed by atoms with E-state index in [9.17, 15) is 8.42 Å². The van der Waals surface area contributed by atoms with Crippen LogP contribution < -0.4 is 4.72 Å². The molecule has 0 atom stereocenters. The van der Waals surface area contributed by atoms with Crippen LogP contribution in [0.1, 0.15) is 35.1 Å². The summed E-state index contributed by atoms with van der Waals surface area (Å²) in [5.74, 6) is 0.936. The van der Waals surface area contributed by atoms with Crippen LogP contribution in [0.5, 0.6) is 0 Å². The summed E-state index contributed by atoms with van der Waals surface area (Å²) in [4.78, 5) is 1.26. The van der Waals surface area contributed by atoms with Gasteiger partial charge in [-0.25, -0.2) is 8.42 Å². The number of fused-ring (bicyclic) bond motifs is 2. The van der Waals surface area contributed by atoms with Gasteiger partial charge in [0.25, 0.3) is 0 Å². The van der Waals surface area contributed by atoms with Gasteiger partial charge in [-0.2, -0.15) is 0 Å². The van der Waals surface area contributed by atoms with Crippen molar-refractivity contribution in [2.24, 2.45) is 0 Å². The van der Waals surface area contributed by atoms with Crippen LogP contribution in [0.25, 0.3) is 11.6 Å². The fourth-order valence-corrected chi connectivity index (χ4v) is 6.11. The Labute approximate surface area is 175 Å². The highest BCUT2D eigenvalue weighted by Gasteiger charge is 2.35. The van der Waals surface area contributed by atoms with Crippen molar-refractivity contribution in [3.05, 3.63) is 95.1 Å². The molecule has 5 rings (SSSR count). The summed E-state index contributed by atoms with van der Waals surface area (Å²) in [6.07, 6.45) is 3.67. The third-order valence-electron chi connectivity index (χ3n) is 5.29. The molecule has 1 aliphatic heterocycles. The molecule has 0 saturated heterocycles. The van der Waals surface area contributed by atoms with Crippen LogP contribution >= 0.6 is 11.8 Å². The summed E-state index contributed by atoms with van der Waals surface area (Å²) in [5, 5.41) is -0.234. The van der Waals surface area contributed by atoms with Crippen molar-refractivity contribution in [3.8, 4) is 0 Å². The second kappa shape index (κ2) is 7.39. The highest BCUT2D eigenvalue weighted by atomic mass is 32.2. The van der Waals surface area contributed by atoms with Gasteiger partial charge < -0.3 is 0 Å².